The first kappa shape index (κ1) is 18.8. The topological polar surface area (TPSA) is 153 Å². The number of carbonyl (C=O) groups is 1. The van der Waals surface area contributed by atoms with Gasteiger partial charge in [0.05, 0.1) is 11.7 Å². The molecule has 0 spiro atoms. The zero-order chi connectivity index (χ0) is 14.4. The molecule has 0 aromatic carbocycles. The molecule has 0 radical (unpaired) electrons. The number of aromatic carboxylic acids is 1. The van der Waals surface area contributed by atoms with Gasteiger partial charge in [0.15, 0.2) is 0 Å². The van der Waals surface area contributed by atoms with Crippen LogP contribution in [-0.2, 0) is 21.1 Å². The van der Waals surface area contributed by atoms with Gasteiger partial charge in [-0.05, 0) is 0 Å². The molecule has 0 amide bonds. The Hall–Kier alpha value is -1.24. The van der Waals surface area contributed by atoms with E-state index in [0.717, 1.165) is 18.9 Å². The molecule has 116 valence electrons. The van der Waals surface area contributed by atoms with Crippen molar-refractivity contribution in [3.63, 3.8) is 0 Å². The first-order valence-corrected chi connectivity index (χ1v) is 5.87. The largest absolute Gasteiger partial charge is 0.676 e. The molecule has 20 heavy (non-hydrogen) atoms. The van der Waals surface area contributed by atoms with E-state index in [1.54, 1.807) is 0 Å². The van der Waals surface area contributed by atoms with Crippen molar-refractivity contribution < 1.29 is 31.0 Å². The summed E-state index contributed by atoms with van der Waals surface area (Å²) >= 11 is 0. The minimum absolute atomic E-state index is 0. The Bertz CT molecular complexity index is 503. The molecule has 1 aliphatic carbocycles. The third-order valence-electron chi connectivity index (χ3n) is 2.75. The van der Waals surface area contributed by atoms with E-state index in [9.17, 15) is 19.5 Å². The normalized spacial score (nSPS) is 21.1. The van der Waals surface area contributed by atoms with Crippen LogP contribution in [0.1, 0.15) is 36.2 Å². The Labute approximate surface area is 129 Å². The molecular formula is C11H15N4O4Pt-3. The maximum atomic E-state index is 10.4. The summed E-state index contributed by atoms with van der Waals surface area (Å²) in [5, 5.41) is 10.1. The number of nitrogens with one attached hydrogen (secondary N) is 4. The molecule has 0 bridgehead atoms. The predicted octanol–water partition coefficient (Wildman–Crippen LogP) is -0.174. The number of H-pyrrole nitrogens is 2. The van der Waals surface area contributed by atoms with Gasteiger partial charge in [0.2, 0.25) is 0 Å². The van der Waals surface area contributed by atoms with E-state index in [-0.39, 0.29) is 33.1 Å². The zero-order valence-electron chi connectivity index (χ0n) is 10.5. The molecule has 2 rings (SSSR count). The summed E-state index contributed by atoms with van der Waals surface area (Å²) in [5.74, 6) is -1.59. The number of hydrogen-bond donors (Lipinski definition) is 2. The van der Waals surface area contributed by atoms with Gasteiger partial charge in [0, 0.05) is 27.1 Å². The summed E-state index contributed by atoms with van der Waals surface area (Å²) in [6.45, 7) is 0. The molecule has 1 aromatic rings. The number of hydrogen-bond acceptors (Lipinski definition) is 4. The standard InChI is InChI=1S/C6H12N2.C5H4N2O4.Pt/c7-5-3-1-2-4-6(5)8;8-3-1-2(4(9)10)6-5(11)7-3;/h5-8H,1-4H2;1H,(H,9,10)(H2,6,7,8,11);/q-2;;/p-1. The maximum absolute atomic E-state index is 10.4. The average Bonchev–Trinajstić information content (AvgIpc) is 2.32. The van der Waals surface area contributed by atoms with E-state index >= 15 is 0 Å². The Morgan fingerprint density at radius 1 is 1.15 bits per heavy atom. The van der Waals surface area contributed by atoms with Crippen molar-refractivity contribution in [2.45, 2.75) is 37.8 Å². The van der Waals surface area contributed by atoms with Gasteiger partial charge >= 0.3 is 5.69 Å². The molecule has 2 unspecified atom stereocenters. The van der Waals surface area contributed by atoms with Crippen LogP contribution >= 0.6 is 0 Å². The van der Waals surface area contributed by atoms with Crippen molar-refractivity contribution in [3.8, 4) is 0 Å². The summed E-state index contributed by atoms with van der Waals surface area (Å²) in [5.41, 5.74) is 12.4. The molecular weight excluding hydrogens is 447 g/mol. The van der Waals surface area contributed by atoms with E-state index < -0.39 is 22.9 Å². The van der Waals surface area contributed by atoms with Crippen LogP contribution in [0.3, 0.4) is 0 Å². The van der Waals surface area contributed by atoms with Crippen LogP contribution in [0, 0.1) is 0 Å². The fourth-order valence-corrected chi connectivity index (χ4v) is 1.71. The van der Waals surface area contributed by atoms with Crippen molar-refractivity contribution in [2.75, 3.05) is 0 Å². The van der Waals surface area contributed by atoms with Crippen LogP contribution in [0.25, 0.3) is 11.5 Å². The summed E-state index contributed by atoms with van der Waals surface area (Å²) in [6, 6.07) is 0.573. The van der Waals surface area contributed by atoms with Gasteiger partial charge in [-0.2, -0.15) is 12.1 Å². The Morgan fingerprint density at radius 3 is 2.00 bits per heavy atom. The second kappa shape index (κ2) is 8.84. The van der Waals surface area contributed by atoms with Crippen molar-refractivity contribution in [3.05, 3.63) is 44.1 Å². The minimum atomic E-state index is -1.59. The number of carboxylic acids is 1. The summed E-state index contributed by atoms with van der Waals surface area (Å²) in [4.78, 5) is 34.6. The van der Waals surface area contributed by atoms with Crippen molar-refractivity contribution in [1.29, 1.82) is 0 Å². The molecule has 8 nitrogen and oxygen atoms in total. The fourth-order valence-electron chi connectivity index (χ4n) is 1.71. The average molecular weight is 462 g/mol. The van der Waals surface area contributed by atoms with Gasteiger partial charge in [-0.25, -0.2) is 4.79 Å². The second-order valence-electron chi connectivity index (χ2n) is 4.29. The SMILES string of the molecule is O=C([O-])c1cc(=O)[nH]c(=O)[nH]1.[NH-]C1CCCCC1[NH-].[Pt]. The molecule has 9 heteroatoms. The molecule has 4 N–H and O–H groups in total. The van der Waals surface area contributed by atoms with Crippen molar-refractivity contribution in [1.82, 2.24) is 9.97 Å². The van der Waals surface area contributed by atoms with Crippen molar-refractivity contribution >= 4 is 5.97 Å². The molecule has 0 aliphatic heterocycles. The van der Waals surface area contributed by atoms with E-state index in [1.165, 1.54) is 12.8 Å². The fraction of sp³-hybridized carbons (Fsp3) is 0.545. The predicted molar refractivity (Wildman–Crippen MR) is 66.7 cm³/mol. The molecule has 1 aliphatic rings. The van der Waals surface area contributed by atoms with Gasteiger partial charge in [0.1, 0.15) is 0 Å². The minimum Gasteiger partial charge on any atom is -0.676 e. The first-order valence-electron chi connectivity index (χ1n) is 5.87. The molecule has 1 fully saturated rings. The van der Waals surface area contributed by atoms with Crippen LogP contribution in [0.4, 0.5) is 0 Å². The van der Waals surface area contributed by atoms with Gasteiger partial charge < -0.3 is 26.4 Å². The molecule has 1 heterocycles. The smallest absolute Gasteiger partial charge is 0.326 e. The van der Waals surface area contributed by atoms with Gasteiger partial charge in [-0.15, -0.1) is 0 Å². The number of aromatic amines is 2. The van der Waals surface area contributed by atoms with Crippen LogP contribution in [-0.4, -0.2) is 28.0 Å². The summed E-state index contributed by atoms with van der Waals surface area (Å²) in [6.07, 6.45) is 4.25. The van der Waals surface area contributed by atoms with Crippen LogP contribution in [0.15, 0.2) is 15.7 Å². The quantitative estimate of drug-likeness (QED) is 0.595. The summed E-state index contributed by atoms with van der Waals surface area (Å²) in [7, 11) is 0. The third-order valence-corrected chi connectivity index (χ3v) is 2.75. The maximum Gasteiger partial charge on any atom is 0.326 e. The zero-order valence-corrected chi connectivity index (χ0v) is 12.8. The molecule has 0 saturated heterocycles. The third kappa shape index (κ3) is 6.27. The Balaban J connectivity index is 0.000000359. The van der Waals surface area contributed by atoms with E-state index in [2.05, 4.69) is 0 Å². The number of aromatic nitrogens is 2. The number of rotatable bonds is 1. The van der Waals surface area contributed by atoms with Crippen LogP contribution < -0.4 is 16.4 Å². The second-order valence-corrected chi connectivity index (χ2v) is 4.29. The van der Waals surface area contributed by atoms with Crippen molar-refractivity contribution in [2.24, 2.45) is 0 Å². The number of carbonyl (C=O) groups excluding carboxylic acids is 1. The number of carboxylic acid groups (broad SMARTS) is 1. The first-order chi connectivity index (χ1) is 8.90. The van der Waals surface area contributed by atoms with Crippen LogP contribution in [0.2, 0.25) is 0 Å². The molecule has 2 atom stereocenters. The van der Waals surface area contributed by atoms with E-state index in [0.29, 0.717) is 0 Å². The van der Waals surface area contributed by atoms with Gasteiger partial charge in [-0.1, -0.05) is 25.7 Å². The molecule has 1 saturated carbocycles. The Kier molecular flexibility index (Phi) is 8.29. The van der Waals surface area contributed by atoms with Crippen LogP contribution in [0.5, 0.6) is 0 Å². The van der Waals surface area contributed by atoms with E-state index in [4.69, 9.17) is 11.5 Å². The van der Waals surface area contributed by atoms with Gasteiger partial charge in [-0.3, -0.25) is 9.78 Å². The Morgan fingerprint density at radius 2 is 1.65 bits per heavy atom. The van der Waals surface area contributed by atoms with Gasteiger partial charge in [0.25, 0.3) is 5.56 Å². The molecule has 1 aromatic heterocycles. The summed E-state index contributed by atoms with van der Waals surface area (Å²) < 4.78 is 0. The monoisotopic (exact) mass is 462 g/mol. The van der Waals surface area contributed by atoms with E-state index in [1.807, 2.05) is 9.97 Å².